The summed E-state index contributed by atoms with van der Waals surface area (Å²) in [4.78, 5) is 42.6. The second kappa shape index (κ2) is 7.41. The molecule has 0 spiro atoms. The number of hydrogen-bond donors (Lipinski definition) is 0. The number of carbonyl (C=O) groups is 2. The van der Waals surface area contributed by atoms with Gasteiger partial charge >= 0.3 is 0 Å². The highest BCUT2D eigenvalue weighted by Crippen LogP contribution is 2.42. The maximum Gasteiger partial charge on any atom is 0.293 e. The summed E-state index contributed by atoms with van der Waals surface area (Å²) in [6.45, 7) is 2.69. The standard InChI is InChI=1S/C20H22N4O5/c1-21(2)6-7-23-19(25)14-5-3-4-13-17(14)15(20(23)26)12-16(24(27)28)18(13)22-8-10-29-11-9-22/h3-5,12H,6-11H2,1-2H3. The fourth-order valence-electron chi connectivity index (χ4n) is 3.95. The van der Waals surface area contributed by atoms with Crippen molar-refractivity contribution in [3.05, 3.63) is 45.5 Å². The van der Waals surface area contributed by atoms with Gasteiger partial charge in [0, 0.05) is 48.6 Å². The molecule has 1 fully saturated rings. The molecule has 0 bridgehead atoms. The van der Waals surface area contributed by atoms with Gasteiger partial charge in [-0.3, -0.25) is 24.6 Å². The Morgan fingerprint density at radius 2 is 1.83 bits per heavy atom. The minimum atomic E-state index is -0.489. The van der Waals surface area contributed by atoms with E-state index in [2.05, 4.69) is 0 Å². The van der Waals surface area contributed by atoms with Gasteiger partial charge in [-0.2, -0.15) is 0 Å². The van der Waals surface area contributed by atoms with Crippen LogP contribution in [-0.2, 0) is 4.74 Å². The summed E-state index contributed by atoms with van der Waals surface area (Å²) in [6, 6.07) is 6.47. The molecule has 0 aliphatic carbocycles. The lowest BCUT2D eigenvalue weighted by Gasteiger charge is -2.32. The first-order valence-electron chi connectivity index (χ1n) is 9.48. The van der Waals surface area contributed by atoms with E-state index >= 15 is 0 Å². The van der Waals surface area contributed by atoms with Crippen molar-refractivity contribution in [3.63, 3.8) is 0 Å². The first-order valence-corrected chi connectivity index (χ1v) is 9.48. The molecule has 0 unspecified atom stereocenters. The monoisotopic (exact) mass is 398 g/mol. The maximum atomic E-state index is 13.1. The number of imide groups is 1. The Labute approximate surface area is 167 Å². The molecule has 2 heterocycles. The predicted octanol–water partition coefficient (Wildman–Crippen LogP) is 1.74. The summed E-state index contributed by atoms with van der Waals surface area (Å²) in [5, 5.41) is 12.9. The summed E-state index contributed by atoms with van der Waals surface area (Å²) in [6.07, 6.45) is 0. The number of benzene rings is 2. The van der Waals surface area contributed by atoms with E-state index in [0.717, 1.165) is 0 Å². The summed E-state index contributed by atoms with van der Waals surface area (Å²) >= 11 is 0. The van der Waals surface area contributed by atoms with Crippen LogP contribution in [0.3, 0.4) is 0 Å². The first kappa shape index (κ1) is 19.3. The molecule has 9 heteroatoms. The number of nitrogens with zero attached hydrogens (tertiary/aromatic N) is 4. The van der Waals surface area contributed by atoms with Crippen molar-refractivity contribution in [2.45, 2.75) is 0 Å². The number of anilines is 1. The molecule has 0 atom stereocenters. The van der Waals surface area contributed by atoms with E-state index in [9.17, 15) is 19.7 Å². The molecule has 0 radical (unpaired) electrons. The van der Waals surface area contributed by atoms with Crippen LogP contribution in [0, 0.1) is 10.1 Å². The quantitative estimate of drug-likeness (QED) is 0.430. The molecule has 2 amide bonds. The number of carbonyl (C=O) groups excluding carboxylic acids is 2. The number of amides is 2. The van der Waals surface area contributed by atoms with Crippen molar-refractivity contribution in [1.82, 2.24) is 9.80 Å². The van der Waals surface area contributed by atoms with Gasteiger partial charge in [-0.05, 0) is 20.2 Å². The molecular weight excluding hydrogens is 376 g/mol. The summed E-state index contributed by atoms with van der Waals surface area (Å²) < 4.78 is 5.38. The fraction of sp³-hybridized carbons (Fsp3) is 0.400. The summed E-state index contributed by atoms with van der Waals surface area (Å²) in [5.74, 6) is -0.853. The van der Waals surface area contributed by atoms with Crippen LogP contribution in [0.5, 0.6) is 0 Å². The van der Waals surface area contributed by atoms with Crippen LogP contribution in [0.15, 0.2) is 24.3 Å². The molecule has 2 aromatic rings. The van der Waals surface area contributed by atoms with Crippen LogP contribution in [0.4, 0.5) is 11.4 Å². The van der Waals surface area contributed by atoms with Crippen molar-refractivity contribution < 1.29 is 19.2 Å². The zero-order valence-corrected chi connectivity index (χ0v) is 16.4. The van der Waals surface area contributed by atoms with Gasteiger partial charge in [0.1, 0.15) is 5.69 Å². The molecule has 2 aromatic carbocycles. The topological polar surface area (TPSA) is 96.2 Å². The van der Waals surface area contributed by atoms with Crippen molar-refractivity contribution in [2.24, 2.45) is 0 Å². The molecule has 1 saturated heterocycles. The van der Waals surface area contributed by atoms with E-state index in [1.807, 2.05) is 23.9 Å². The lowest BCUT2D eigenvalue weighted by Crippen LogP contribution is -2.44. The van der Waals surface area contributed by atoms with Gasteiger partial charge in [0.25, 0.3) is 17.5 Å². The van der Waals surface area contributed by atoms with Crippen molar-refractivity contribution in [1.29, 1.82) is 0 Å². The molecule has 0 aromatic heterocycles. The normalized spacial score (nSPS) is 16.8. The van der Waals surface area contributed by atoms with Gasteiger partial charge in [0.15, 0.2) is 0 Å². The molecule has 9 nitrogen and oxygen atoms in total. The van der Waals surface area contributed by atoms with Crippen molar-refractivity contribution >= 4 is 34.0 Å². The number of likely N-dealkylation sites (N-methyl/N-ethyl adjacent to an activating group) is 1. The van der Waals surface area contributed by atoms with Gasteiger partial charge in [0.2, 0.25) is 0 Å². The van der Waals surface area contributed by atoms with Gasteiger partial charge in [-0.15, -0.1) is 0 Å². The van der Waals surface area contributed by atoms with E-state index in [0.29, 0.717) is 54.9 Å². The Kier molecular flexibility index (Phi) is 4.93. The number of morpholine rings is 1. The Morgan fingerprint density at radius 3 is 2.48 bits per heavy atom. The Morgan fingerprint density at radius 1 is 1.14 bits per heavy atom. The Balaban J connectivity index is 1.93. The van der Waals surface area contributed by atoms with Gasteiger partial charge in [-0.25, -0.2) is 0 Å². The maximum absolute atomic E-state index is 13.1. The Bertz CT molecular complexity index is 1010. The number of nitro groups is 1. The molecule has 0 saturated carbocycles. The minimum Gasteiger partial charge on any atom is -0.378 e. The Hall–Kier alpha value is -3.04. The van der Waals surface area contributed by atoms with Gasteiger partial charge < -0.3 is 14.5 Å². The highest BCUT2D eigenvalue weighted by molar-refractivity contribution is 6.27. The summed E-state index contributed by atoms with van der Waals surface area (Å²) in [7, 11) is 3.71. The molecule has 0 N–H and O–H groups in total. The third-order valence-corrected chi connectivity index (χ3v) is 5.36. The highest BCUT2D eigenvalue weighted by Gasteiger charge is 2.37. The van der Waals surface area contributed by atoms with Crippen LogP contribution in [0.2, 0.25) is 0 Å². The SMILES string of the molecule is CN(C)CCN1C(=O)c2cccc3c(N4CCOCC4)c([N+](=O)[O-])cc(c23)C1=O. The average molecular weight is 398 g/mol. The number of rotatable bonds is 5. The summed E-state index contributed by atoms with van der Waals surface area (Å²) in [5.41, 5.74) is 0.931. The largest absolute Gasteiger partial charge is 0.378 e. The molecular formula is C20H22N4O5. The molecule has 2 aliphatic rings. The second-order valence-electron chi connectivity index (χ2n) is 7.44. The first-order chi connectivity index (χ1) is 13.9. The molecule has 4 rings (SSSR count). The minimum absolute atomic E-state index is 0.123. The van der Waals surface area contributed by atoms with Crippen LogP contribution >= 0.6 is 0 Å². The smallest absolute Gasteiger partial charge is 0.293 e. The number of ether oxygens (including phenoxy) is 1. The lowest BCUT2D eigenvalue weighted by molar-refractivity contribution is -0.384. The van der Waals surface area contributed by atoms with Crippen LogP contribution in [-0.4, -0.2) is 80.0 Å². The molecule has 29 heavy (non-hydrogen) atoms. The zero-order chi connectivity index (χ0) is 20.7. The molecule has 2 aliphatic heterocycles. The van der Waals surface area contributed by atoms with E-state index < -0.39 is 10.8 Å². The van der Waals surface area contributed by atoms with Gasteiger partial charge in [0.05, 0.1) is 23.7 Å². The van der Waals surface area contributed by atoms with Crippen LogP contribution < -0.4 is 4.90 Å². The zero-order valence-electron chi connectivity index (χ0n) is 16.4. The second-order valence-corrected chi connectivity index (χ2v) is 7.44. The van der Waals surface area contributed by atoms with Crippen LogP contribution in [0.1, 0.15) is 20.7 Å². The number of hydrogen-bond acceptors (Lipinski definition) is 7. The predicted molar refractivity (Wildman–Crippen MR) is 108 cm³/mol. The fourth-order valence-corrected chi connectivity index (χ4v) is 3.95. The van der Waals surface area contributed by atoms with E-state index in [1.54, 1.807) is 18.2 Å². The molecule has 152 valence electrons. The third kappa shape index (κ3) is 3.22. The van der Waals surface area contributed by atoms with Crippen molar-refractivity contribution in [2.75, 3.05) is 58.4 Å². The third-order valence-electron chi connectivity index (χ3n) is 5.36. The van der Waals surface area contributed by atoms with Crippen LogP contribution in [0.25, 0.3) is 10.8 Å². The van der Waals surface area contributed by atoms with E-state index in [1.165, 1.54) is 11.0 Å². The van der Waals surface area contributed by atoms with E-state index in [-0.39, 0.29) is 23.7 Å². The highest BCUT2D eigenvalue weighted by atomic mass is 16.6. The van der Waals surface area contributed by atoms with Gasteiger partial charge in [-0.1, -0.05) is 12.1 Å². The average Bonchev–Trinajstić information content (AvgIpc) is 2.71. The number of nitro benzene ring substituents is 1. The lowest BCUT2D eigenvalue weighted by atomic mass is 9.91. The van der Waals surface area contributed by atoms with Crippen molar-refractivity contribution in [3.8, 4) is 0 Å². The van der Waals surface area contributed by atoms with E-state index in [4.69, 9.17) is 4.74 Å².